The van der Waals surface area contributed by atoms with E-state index >= 15 is 0 Å². The first-order chi connectivity index (χ1) is 17.0. The monoisotopic (exact) mass is 489 g/mol. The van der Waals surface area contributed by atoms with Gasteiger partial charge < -0.3 is 10.3 Å². The Morgan fingerprint density at radius 2 is 1.89 bits per heavy atom. The first kappa shape index (κ1) is 23.1. The second-order valence-corrected chi connectivity index (χ2v) is 9.01. The standard InChI is InChI=1S/C26H24FN5O2S/c27-21-6-1-2-7-23(21)32-25(34)20-9-8-17(15-22(20)30-26(32)35)24(33)29-18-10-13-31(14-11-18)16-19-5-3-4-12-28-19/h1-9,12,15,18H,10-11,13-14,16H2,(H,29,33)(H,30,35). The van der Waals surface area contributed by atoms with Crippen LogP contribution in [0.1, 0.15) is 28.9 Å². The van der Waals surface area contributed by atoms with Crippen molar-refractivity contribution in [3.63, 3.8) is 0 Å². The minimum atomic E-state index is -0.546. The molecule has 2 aromatic heterocycles. The van der Waals surface area contributed by atoms with Crippen molar-refractivity contribution < 1.29 is 9.18 Å². The van der Waals surface area contributed by atoms with Gasteiger partial charge in [0.05, 0.1) is 22.3 Å². The number of carbonyl (C=O) groups is 1. The molecule has 178 valence electrons. The number of pyridine rings is 1. The highest BCUT2D eigenvalue weighted by Crippen LogP contribution is 2.17. The minimum absolute atomic E-state index is 0.0606. The fraction of sp³-hybridized carbons (Fsp3) is 0.231. The van der Waals surface area contributed by atoms with Gasteiger partial charge in [-0.2, -0.15) is 0 Å². The summed E-state index contributed by atoms with van der Waals surface area (Å²) in [4.78, 5) is 35.7. The fourth-order valence-electron chi connectivity index (χ4n) is 4.44. The van der Waals surface area contributed by atoms with Crippen LogP contribution in [0.25, 0.3) is 16.6 Å². The number of piperidine rings is 1. The molecule has 7 nitrogen and oxygen atoms in total. The number of nitrogens with one attached hydrogen (secondary N) is 2. The molecule has 2 aromatic carbocycles. The number of amides is 1. The lowest BCUT2D eigenvalue weighted by molar-refractivity contribution is 0.0908. The van der Waals surface area contributed by atoms with Gasteiger partial charge in [0.15, 0.2) is 4.77 Å². The number of para-hydroxylation sites is 1. The van der Waals surface area contributed by atoms with E-state index < -0.39 is 11.4 Å². The number of fused-ring (bicyclic) bond motifs is 1. The number of halogens is 1. The van der Waals surface area contributed by atoms with Gasteiger partial charge in [0.2, 0.25) is 0 Å². The van der Waals surface area contributed by atoms with Crippen LogP contribution in [-0.2, 0) is 6.54 Å². The van der Waals surface area contributed by atoms with E-state index in [1.165, 1.54) is 12.1 Å². The number of aromatic amines is 1. The van der Waals surface area contributed by atoms with Gasteiger partial charge in [-0.05, 0) is 67.5 Å². The summed E-state index contributed by atoms with van der Waals surface area (Å²) in [5.74, 6) is -0.747. The summed E-state index contributed by atoms with van der Waals surface area (Å²) in [6, 6.07) is 16.7. The lowest BCUT2D eigenvalue weighted by Gasteiger charge is -2.32. The van der Waals surface area contributed by atoms with E-state index in [0.717, 1.165) is 42.7 Å². The van der Waals surface area contributed by atoms with Crippen LogP contribution in [0.2, 0.25) is 0 Å². The number of benzene rings is 2. The van der Waals surface area contributed by atoms with Crippen molar-refractivity contribution in [1.29, 1.82) is 0 Å². The smallest absolute Gasteiger partial charge is 0.266 e. The van der Waals surface area contributed by atoms with E-state index in [4.69, 9.17) is 12.2 Å². The Morgan fingerprint density at radius 1 is 1.11 bits per heavy atom. The molecule has 0 radical (unpaired) electrons. The second kappa shape index (κ2) is 9.89. The number of hydrogen-bond acceptors (Lipinski definition) is 5. The molecule has 1 aliphatic heterocycles. The molecule has 0 aliphatic carbocycles. The molecule has 1 amide bonds. The fourth-order valence-corrected chi connectivity index (χ4v) is 4.73. The van der Waals surface area contributed by atoms with Gasteiger partial charge in [-0.1, -0.05) is 18.2 Å². The van der Waals surface area contributed by atoms with Crippen molar-refractivity contribution in [2.45, 2.75) is 25.4 Å². The molecule has 0 spiro atoms. The summed E-state index contributed by atoms with van der Waals surface area (Å²) in [6.45, 7) is 2.56. The van der Waals surface area contributed by atoms with Crippen molar-refractivity contribution in [3.05, 3.63) is 99.1 Å². The van der Waals surface area contributed by atoms with Gasteiger partial charge >= 0.3 is 0 Å². The van der Waals surface area contributed by atoms with Gasteiger partial charge in [0.25, 0.3) is 11.5 Å². The highest BCUT2D eigenvalue weighted by molar-refractivity contribution is 7.71. The van der Waals surface area contributed by atoms with E-state index in [9.17, 15) is 14.0 Å². The highest BCUT2D eigenvalue weighted by atomic mass is 32.1. The zero-order valence-corrected chi connectivity index (χ0v) is 19.7. The molecule has 3 heterocycles. The number of nitrogens with zero attached hydrogens (tertiary/aromatic N) is 3. The number of carbonyl (C=O) groups excluding carboxylic acids is 1. The third kappa shape index (κ3) is 4.91. The zero-order chi connectivity index (χ0) is 24.4. The summed E-state index contributed by atoms with van der Waals surface area (Å²) < 4.78 is 15.5. The van der Waals surface area contributed by atoms with E-state index in [1.807, 2.05) is 18.2 Å². The molecular formula is C26H24FN5O2S. The topological polar surface area (TPSA) is 83.0 Å². The van der Waals surface area contributed by atoms with E-state index in [-0.39, 0.29) is 22.4 Å². The predicted molar refractivity (Wildman–Crippen MR) is 135 cm³/mol. The third-order valence-electron chi connectivity index (χ3n) is 6.29. The maximum absolute atomic E-state index is 14.3. The lowest BCUT2D eigenvalue weighted by Crippen LogP contribution is -2.44. The van der Waals surface area contributed by atoms with Crippen molar-refractivity contribution in [2.24, 2.45) is 0 Å². The van der Waals surface area contributed by atoms with Crippen LogP contribution >= 0.6 is 12.2 Å². The van der Waals surface area contributed by atoms with Crippen molar-refractivity contribution in [2.75, 3.05) is 13.1 Å². The van der Waals surface area contributed by atoms with Crippen LogP contribution in [0.4, 0.5) is 4.39 Å². The van der Waals surface area contributed by atoms with Crippen LogP contribution in [0.5, 0.6) is 0 Å². The average Bonchev–Trinajstić information content (AvgIpc) is 2.86. The maximum Gasteiger partial charge on any atom is 0.266 e. The summed E-state index contributed by atoms with van der Waals surface area (Å²) >= 11 is 5.34. The molecule has 1 aliphatic rings. The number of H-pyrrole nitrogens is 1. The average molecular weight is 490 g/mol. The Bertz CT molecular complexity index is 1490. The first-order valence-electron chi connectivity index (χ1n) is 11.5. The third-order valence-corrected chi connectivity index (χ3v) is 6.57. The molecule has 0 bridgehead atoms. The summed E-state index contributed by atoms with van der Waals surface area (Å²) in [5, 5.41) is 3.42. The number of hydrogen-bond donors (Lipinski definition) is 2. The van der Waals surface area contributed by atoms with Crippen LogP contribution in [0.15, 0.2) is 71.7 Å². The van der Waals surface area contributed by atoms with E-state index in [2.05, 4.69) is 20.2 Å². The molecule has 1 saturated heterocycles. The molecule has 0 saturated carbocycles. The molecule has 0 atom stereocenters. The number of rotatable bonds is 5. The van der Waals surface area contributed by atoms with Crippen LogP contribution in [0.3, 0.4) is 0 Å². The molecule has 0 unspecified atom stereocenters. The quantitative estimate of drug-likeness (QED) is 0.415. The molecule has 4 aromatic rings. The van der Waals surface area contributed by atoms with Crippen LogP contribution in [-0.4, -0.2) is 44.5 Å². The Labute approximate surface area is 206 Å². The van der Waals surface area contributed by atoms with Gasteiger partial charge in [0, 0.05) is 37.4 Å². The van der Waals surface area contributed by atoms with Crippen molar-refractivity contribution >= 4 is 29.0 Å². The van der Waals surface area contributed by atoms with Crippen molar-refractivity contribution in [3.8, 4) is 5.69 Å². The molecule has 35 heavy (non-hydrogen) atoms. The molecule has 2 N–H and O–H groups in total. The highest BCUT2D eigenvalue weighted by Gasteiger charge is 2.22. The molecule has 1 fully saturated rings. The largest absolute Gasteiger partial charge is 0.349 e. The Morgan fingerprint density at radius 3 is 2.63 bits per heavy atom. The first-order valence-corrected chi connectivity index (χ1v) is 11.9. The predicted octanol–water partition coefficient (Wildman–Crippen LogP) is 3.98. The SMILES string of the molecule is O=C(NC1CCN(Cc2ccccn2)CC1)c1ccc2c(=O)n(-c3ccccc3F)c(=S)[nH]c2c1. The summed E-state index contributed by atoms with van der Waals surface area (Å²) in [5.41, 5.74) is 1.54. The van der Waals surface area contributed by atoms with Gasteiger partial charge in [-0.15, -0.1) is 0 Å². The Balaban J connectivity index is 1.29. The lowest BCUT2D eigenvalue weighted by atomic mass is 10.0. The number of aromatic nitrogens is 3. The van der Waals surface area contributed by atoms with Crippen LogP contribution in [0, 0.1) is 10.6 Å². The van der Waals surface area contributed by atoms with Gasteiger partial charge in [-0.3, -0.25) is 19.5 Å². The van der Waals surface area contributed by atoms with Crippen LogP contribution < -0.4 is 10.9 Å². The Hall–Kier alpha value is -3.69. The maximum atomic E-state index is 14.3. The zero-order valence-electron chi connectivity index (χ0n) is 18.9. The second-order valence-electron chi connectivity index (χ2n) is 8.63. The molecule has 5 rings (SSSR count). The Kier molecular flexibility index (Phi) is 6.52. The summed E-state index contributed by atoms with van der Waals surface area (Å²) in [6.07, 6.45) is 3.50. The molecule has 9 heteroatoms. The molecular weight excluding hydrogens is 465 g/mol. The van der Waals surface area contributed by atoms with E-state index in [0.29, 0.717) is 16.5 Å². The van der Waals surface area contributed by atoms with Crippen molar-refractivity contribution in [1.82, 2.24) is 24.8 Å². The normalized spacial score (nSPS) is 14.8. The van der Waals surface area contributed by atoms with E-state index in [1.54, 1.807) is 36.5 Å². The number of likely N-dealkylation sites (tertiary alicyclic amines) is 1. The summed E-state index contributed by atoms with van der Waals surface area (Å²) in [7, 11) is 0. The van der Waals surface area contributed by atoms with Gasteiger partial charge in [0.1, 0.15) is 5.82 Å². The van der Waals surface area contributed by atoms with Gasteiger partial charge in [-0.25, -0.2) is 8.96 Å². The minimum Gasteiger partial charge on any atom is -0.349 e.